The molecule has 1 aliphatic rings. The Bertz CT molecular complexity index is 916. The minimum atomic E-state index is -0.799. The third kappa shape index (κ3) is 3.36. The number of hydrogen-bond donors (Lipinski definition) is 1. The smallest absolute Gasteiger partial charge is 0.273 e. The second-order valence-corrected chi connectivity index (χ2v) is 6.43. The first-order chi connectivity index (χ1) is 12.4. The van der Waals surface area contributed by atoms with Gasteiger partial charge in [0.1, 0.15) is 5.57 Å². The molecule has 5 nitrogen and oxygen atoms in total. The Kier molecular flexibility index (Phi) is 5.11. The van der Waals surface area contributed by atoms with Gasteiger partial charge in [-0.2, -0.15) is 0 Å². The number of urea groups is 1. The Morgan fingerprint density at radius 3 is 2.19 bits per heavy atom. The summed E-state index contributed by atoms with van der Waals surface area (Å²) >= 11 is 12.2. The van der Waals surface area contributed by atoms with Gasteiger partial charge in [-0.05, 0) is 42.3 Å². The van der Waals surface area contributed by atoms with E-state index < -0.39 is 17.8 Å². The minimum absolute atomic E-state index is 0.223. The minimum Gasteiger partial charge on any atom is -0.273 e. The van der Waals surface area contributed by atoms with Crippen LogP contribution in [0, 0.1) is 0 Å². The summed E-state index contributed by atoms with van der Waals surface area (Å²) in [4.78, 5) is 38.1. The maximum absolute atomic E-state index is 12.8. The summed E-state index contributed by atoms with van der Waals surface area (Å²) < 4.78 is 0. The number of nitrogens with one attached hydrogen (secondary N) is 1. The first kappa shape index (κ1) is 18.2. The lowest BCUT2D eigenvalue weighted by molar-refractivity contribution is -0.122. The second-order valence-electron chi connectivity index (χ2n) is 5.61. The molecule has 1 heterocycles. The summed E-state index contributed by atoms with van der Waals surface area (Å²) in [6.07, 6.45) is 2.12. The number of rotatable bonds is 3. The Hall–Kier alpha value is -2.63. The average Bonchev–Trinajstić information content (AvgIpc) is 2.61. The molecule has 2 aromatic carbocycles. The highest BCUT2D eigenvalue weighted by molar-refractivity contribution is 6.41. The van der Waals surface area contributed by atoms with E-state index in [-0.39, 0.29) is 5.57 Å². The van der Waals surface area contributed by atoms with Crippen molar-refractivity contribution in [3.63, 3.8) is 0 Å². The van der Waals surface area contributed by atoms with Gasteiger partial charge in [0.2, 0.25) is 0 Å². The van der Waals surface area contributed by atoms with E-state index in [0.29, 0.717) is 21.3 Å². The van der Waals surface area contributed by atoms with Crippen LogP contribution in [0.5, 0.6) is 0 Å². The number of imide groups is 2. The topological polar surface area (TPSA) is 66.5 Å². The van der Waals surface area contributed by atoms with E-state index in [2.05, 4.69) is 5.32 Å². The molecule has 0 bridgehead atoms. The van der Waals surface area contributed by atoms with Gasteiger partial charge in [0.15, 0.2) is 0 Å². The highest BCUT2D eigenvalue weighted by atomic mass is 35.5. The Balaban J connectivity index is 2.04. The molecule has 0 unspecified atom stereocenters. The molecular formula is C19H14Cl2N2O3. The van der Waals surface area contributed by atoms with Gasteiger partial charge in [-0.1, -0.05) is 48.3 Å². The van der Waals surface area contributed by atoms with E-state index >= 15 is 0 Å². The van der Waals surface area contributed by atoms with Crippen molar-refractivity contribution in [2.24, 2.45) is 0 Å². The number of carbonyl (C=O) groups excluding carboxylic acids is 3. The second kappa shape index (κ2) is 7.32. The number of amides is 4. The van der Waals surface area contributed by atoms with E-state index in [0.717, 1.165) is 16.9 Å². The first-order valence-electron chi connectivity index (χ1n) is 7.86. The van der Waals surface area contributed by atoms with Crippen LogP contribution in [-0.4, -0.2) is 17.8 Å². The lowest BCUT2D eigenvalue weighted by Gasteiger charge is -2.26. The van der Waals surface area contributed by atoms with Crippen molar-refractivity contribution in [1.29, 1.82) is 0 Å². The molecule has 0 aromatic heterocycles. The predicted molar refractivity (Wildman–Crippen MR) is 101 cm³/mol. The molecule has 132 valence electrons. The van der Waals surface area contributed by atoms with Crippen LogP contribution in [0.1, 0.15) is 18.1 Å². The molecule has 0 aliphatic carbocycles. The van der Waals surface area contributed by atoms with E-state index in [1.165, 1.54) is 6.08 Å². The first-order valence-corrected chi connectivity index (χ1v) is 8.62. The van der Waals surface area contributed by atoms with Crippen LogP contribution in [0.25, 0.3) is 6.08 Å². The fourth-order valence-corrected chi connectivity index (χ4v) is 3.07. The number of anilines is 1. The summed E-state index contributed by atoms with van der Waals surface area (Å²) in [6.45, 7) is 2.00. The number of nitrogens with zero attached hydrogens (tertiary/aromatic N) is 1. The van der Waals surface area contributed by atoms with Crippen LogP contribution in [-0.2, 0) is 16.0 Å². The van der Waals surface area contributed by atoms with Crippen molar-refractivity contribution >= 4 is 52.8 Å². The largest absolute Gasteiger partial charge is 0.335 e. The molecule has 1 N–H and O–H groups in total. The highest BCUT2D eigenvalue weighted by Crippen LogP contribution is 2.29. The van der Waals surface area contributed by atoms with E-state index in [4.69, 9.17) is 23.2 Å². The Labute approximate surface area is 160 Å². The zero-order valence-electron chi connectivity index (χ0n) is 13.8. The number of barbiturate groups is 1. The molecule has 1 aliphatic heterocycles. The van der Waals surface area contributed by atoms with Gasteiger partial charge in [0.05, 0.1) is 5.69 Å². The number of halogens is 2. The maximum Gasteiger partial charge on any atom is 0.335 e. The Morgan fingerprint density at radius 2 is 1.62 bits per heavy atom. The van der Waals surface area contributed by atoms with Crippen molar-refractivity contribution in [3.05, 3.63) is 69.2 Å². The number of hydrogen-bond acceptors (Lipinski definition) is 3. The van der Waals surface area contributed by atoms with Gasteiger partial charge in [0.25, 0.3) is 11.8 Å². The quantitative estimate of drug-likeness (QED) is 0.631. The monoisotopic (exact) mass is 388 g/mol. The highest BCUT2D eigenvalue weighted by Gasteiger charge is 2.37. The fraction of sp³-hybridized carbons (Fsp3) is 0.105. The van der Waals surface area contributed by atoms with Gasteiger partial charge in [-0.3, -0.25) is 14.9 Å². The zero-order chi connectivity index (χ0) is 18.8. The molecule has 1 saturated heterocycles. The summed E-state index contributed by atoms with van der Waals surface area (Å²) in [5.41, 5.74) is 1.55. The van der Waals surface area contributed by atoms with E-state index in [9.17, 15) is 14.4 Å². The summed E-state index contributed by atoms with van der Waals surface area (Å²) in [5, 5.41) is 2.75. The van der Waals surface area contributed by atoms with Crippen molar-refractivity contribution in [2.45, 2.75) is 13.3 Å². The van der Waals surface area contributed by atoms with Crippen LogP contribution in [0.15, 0.2) is 48.0 Å². The van der Waals surface area contributed by atoms with E-state index in [1.54, 1.807) is 30.3 Å². The van der Waals surface area contributed by atoms with Crippen molar-refractivity contribution in [2.75, 3.05) is 4.90 Å². The Morgan fingerprint density at radius 1 is 1.00 bits per heavy atom. The third-order valence-corrected chi connectivity index (χ3v) is 4.65. The molecule has 0 radical (unpaired) electrons. The average molecular weight is 389 g/mol. The fourth-order valence-electron chi connectivity index (χ4n) is 2.57. The SMILES string of the molecule is CCc1ccc(N2C(=O)NC(=O)C(=Cc3c(Cl)cccc3Cl)C2=O)cc1. The molecular weight excluding hydrogens is 375 g/mol. The molecule has 26 heavy (non-hydrogen) atoms. The van der Waals surface area contributed by atoms with Crippen LogP contribution < -0.4 is 10.2 Å². The predicted octanol–water partition coefficient (Wildman–Crippen LogP) is 4.22. The summed E-state index contributed by atoms with van der Waals surface area (Å²) in [6, 6.07) is 11.0. The molecule has 2 aromatic rings. The molecule has 4 amide bonds. The lowest BCUT2D eigenvalue weighted by Crippen LogP contribution is -2.54. The van der Waals surface area contributed by atoms with Crippen LogP contribution in [0.4, 0.5) is 10.5 Å². The lowest BCUT2D eigenvalue weighted by atomic mass is 10.1. The van der Waals surface area contributed by atoms with Crippen LogP contribution in [0.3, 0.4) is 0 Å². The van der Waals surface area contributed by atoms with Gasteiger partial charge >= 0.3 is 6.03 Å². The van der Waals surface area contributed by atoms with Crippen molar-refractivity contribution in [3.8, 4) is 0 Å². The van der Waals surface area contributed by atoms with Gasteiger partial charge in [-0.25, -0.2) is 9.69 Å². The van der Waals surface area contributed by atoms with Gasteiger partial charge < -0.3 is 0 Å². The number of carbonyl (C=O) groups is 3. The molecule has 7 heteroatoms. The zero-order valence-corrected chi connectivity index (χ0v) is 15.3. The normalized spacial score (nSPS) is 16.2. The standard InChI is InChI=1S/C19H14Cl2N2O3/c1-2-11-6-8-12(9-7-11)23-18(25)14(17(24)22-19(23)26)10-13-15(20)4-3-5-16(13)21/h3-10H,2H2,1H3,(H,22,24,26). The molecule has 3 rings (SSSR count). The third-order valence-electron chi connectivity index (χ3n) is 3.99. The summed E-state index contributed by atoms with van der Waals surface area (Å²) in [7, 11) is 0. The summed E-state index contributed by atoms with van der Waals surface area (Å²) in [5.74, 6) is -1.53. The number of aryl methyl sites for hydroxylation is 1. The van der Waals surface area contributed by atoms with E-state index in [1.807, 2.05) is 19.1 Å². The molecule has 0 spiro atoms. The number of benzene rings is 2. The van der Waals surface area contributed by atoms with Crippen molar-refractivity contribution < 1.29 is 14.4 Å². The maximum atomic E-state index is 12.8. The molecule has 0 atom stereocenters. The molecule has 1 fully saturated rings. The van der Waals surface area contributed by atoms with Crippen LogP contribution >= 0.6 is 23.2 Å². The van der Waals surface area contributed by atoms with Crippen molar-refractivity contribution in [1.82, 2.24) is 5.32 Å². The van der Waals surface area contributed by atoms with Crippen LogP contribution in [0.2, 0.25) is 10.0 Å². The van der Waals surface area contributed by atoms with Gasteiger partial charge in [-0.15, -0.1) is 0 Å². The van der Waals surface area contributed by atoms with Gasteiger partial charge in [0, 0.05) is 15.6 Å². The molecule has 0 saturated carbocycles.